The normalized spacial score (nSPS) is 21.1. The Kier molecular flexibility index (Phi) is 10.8. The standard InChI is InChI=1S/C33H54N4O8Si2/c1-30(2,3)45-29(39)36(21-23-16-14-15-17-24(23)37(41)42)26-18-19-35(28(38)34-26)27-20-33(40,46(10,11)31(4,5)6)25(44-27)22-43-47(12,13)32(7,8)9/h14-19,25,27,40H,20-22H2,1-13H3/t25-,27-,33-/m1/s1. The summed E-state index contributed by atoms with van der Waals surface area (Å²) in [7, 11) is -4.70. The van der Waals surface area contributed by atoms with E-state index in [4.69, 9.17) is 13.9 Å². The molecule has 1 amide bonds. The predicted octanol–water partition coefficient (Wildman–Crippen LogP) is 7.18. The number of rotatable bonds is 9. The van der Waals surface area contributed by atoms with E-state index in [0.717, 1.165) is 4.90 Å². The van der Waals surface area contributed by atoms with Crippen LogP contribution in [0.1, 0.15) is 80.5 Å². The van der Waals surface area contributed by atoms with Crippen molar-refractivity contribution >= 4 is 34.0 Å². The van der Waals surface area contributed by atoms with E-state index in [0.29, 0.717) is 0 Å². The molecule has 14 heteroatoms. The minimum atomic E-state index is -2.51. The molecule has 3 atom stereocenters. The number of hydrogen-bond donors (Lipinski definition) is 1. The zero-order chi connectivity index (χ0) is 36.0. The number of ether oxygens (including phenoxy) is 2. The molecule has 1 aromatic carbocycles. The number of para-hydroxylation sites is 1. The minimum Gasteiger partial charge on any atom is -0.443 e. The topological polar surface area (TPSA) is 146 Å². The SMILES string of the molecule is CC(C)(C)OC(=O)N(Cc1ccccc1[N+](=O)[O-])c1ccn([C@H]2C[C@@](O)([Si](C)(C)C(C)(C)C)[C@@H](CO[Si](C)(C)C(C)(C)C)O2)c(=O)n1. The lowest BCUT2D eigenvalue weighted by molar-refractivity contribution is -0.385. The number of carbonyl (C=O) groups excluding carboxylic acids is 1. The van der Waals surface area contributed by atoms with Crippen LogP contribution in [0.15, 0.2) is 41.3 Å². The summed E-state index contributed by atoms with van der Waals surface area (Å²) in [5.41, 5.74) is -1.50. The average molecular weight is 691 g/mol. The molecular formula is C33H54N4O8Si2. The van der Waals surface area contributed by atoms with Crippen LogP contribution in [-0.4, -0.2) is 65.6 Å². The van der Waals surface area contributed by atoms with Gasteiger partial charge in [0.05, 0.1) is 31.4 Å². The van der Waals surface area contributed by atoms with Crippen LogP contribution in [-0.2, 0) is 20.4 Å². The first-order valence-corrected chi connectivity index (χ1v) is 22.0. The molecular weight excluding hydrogens is 637 g/mol. The molecule has 1 aliphatic rings. The molecule has 2 heterocycles. The van der Waals surface area contributed by atoms with Crippen LogP contribution in [0.3, 0.4) is 0 Å². The third kappa shape index (κ3) is 8.22. The zero-order valence-electron chi connectivity index (χ0n) is 30.3. The summed E-state index contributed by atoms with van der Waals surface area (Å²) in [5.74, 6) is -0.0332. The maximum Gasteiger partial charge on any atom is 0.416 e. The molecule has 0 saturated carbocycles. The molecule has 0 aliphatic carbocycles. The highest BCUT2D eigenvalue weighted by molar-refractivity contribution is 6.83. The van der Waals surface area contributed by atoms with E-state index in [9.17, 15) is 24.8 Å². The lowest BCUT2D eigenvalue weighted by Gasteiger charge is -2.49. The quantitative estimate of drug-likeness (QED) is 0.164. The summed E-state index contributed by atoms with van der Waals surface area (Å²) in [6.07, 6.45) is -0.670. The fourth-order valence-electron chi connectivity index (χ4n) is 5.22. The molecule has 1 aromatic heterocycles. The second-order valence-corrected chi connectivity index (χ2v) is 27.0. The highest BCUT2D eigenvalue weighted by atomic mass is 28.4. The first-order chi connectivity index (χ1) is 21.2. The number of nitro benzene ring substituents is 1. The van der Waals surface area contributed by atoms with Gasteiger partial charge in [-0.2, -0.15) is 4.98 Å². The molecule has 12 nitrogen and oxygen atoms in total. The number of aliphatic hydroxyl groups is 1. The Morgan fingerprint density at radius 3 is 2.19 bits per heavy atom. The zero-order valence-corrected chi connectivity index (χ0v) is 32.3. The van der Waals surface area contributed by atoms with E-state index in [2.05, 4.69) is 72.7 Å². The Labute approximate surface area is 280 Å². The Morgan fingerprint density at radius 1 is 1.09 bits per heavy atom. The molecule has 1 saturated heterocycles. The van der Waals surface area contributed by atoms with Crippen molar-refractivity contribution in [1.82, 2.24) is 9.55 Å². The van der Waals surface area contributed by atoms with E-state index < -0.39 is 56.3 Å². The van der Waals surface area contributed by atoms with Gasteiger partial charge in [0.25, 0.3) is 5.69 Å². The maximum absolute atomic E-state index is 13.7. The van der Waals surface area contributed by atoms with Gasteiger partial charge in [-0.1, -0.05) is 72.8 Å². The van der Waals surface area contributed by atoms with Gasteiger partial charge in [-0.05, 0) is 50.0 Å². The summed E-state index contributed by atoms with van der Waals surface area (Å²) < 4.78 is 20.0. The second kappa shape index (κ2) is 13.2. The molecule has 3 rings (SSSR count). The fraction of sp³-hybridized carbons (Fsp3) is 0.667. The van der Waals surface area contributed by atoms with Gasteiger partial charge in [-0.15, -0.1) is 0 Å². The van der Waals surface area contributed by atoms with Gasteiger partial charge in [-0.3, -0.25) is 19.6 Å². The molecule has 1 N–H and O–H groups in total. The summed E-state index contributed by atoms with van der Waals surface area (Å²) in [6.45, 7) is 26.5. The molecule has 1 aliphatic heterocycles. The second-order valence-electron chi connectivity index (χ2n) is 16.6. The van der Waals surface area contributed by atoms with Crippen LogP contribution in [0.4, 0.5) is 16.3 Å². The number of nitrogens with zero attached hydrogens (tertiary/aromatic N) is 4. The molecule has 0 radical (unpaired) electrons. The van der Waals surface area contributed by atoms with Crippen molar-refractivity contribution in [2.75, 3.05) is 11.5 Å². The van der Waals surface area contributed by atoms with Gasteiger partial charge in [0.2, 0.25) is 0 Å². The van der Waals surface area contributed by atoms with Crippen LogP contribution in [0.5, 0.6) is 0 Å². The Morgan fingerprint density at radius 2 is 1.68 bits per heavy atom. The molecule has 0 unspecified atom stereocenters. The van der Waals surface area contributed by atoms with Crippen LogP contribution in [0.25, 0.3) is 0 Å². The van der Waals surface area contributed by atoms with Gasteiger partial charge in [0, 0.05) is 24.2 Å². The predicted molar refractivity (Wildman–Crippen MR) is 188 cm³/mol. The van der Waals surface area contributed by atoms with Crippen molar-refractivity contribution < 1.29 is 28.7 Å². The van der Waals surface area contributed by atoms with Crippen molar-refractivity contribution in [3.8, 4) is 0 Å². The van der Waals surface area contributed by atoms with Crippen LogP contribution < -0.4 is 10.6 Å². The number of hydrogen-bond acceptors (Lipinski definition) is 9. The average Bonchev–Trinajstić information content (AvgIpc) is 3.25. The van der Waals surface area contributed by atoms with E-state index in [1.54, 1.807) is 26.8 Å². The highest BCUT2D eigenvalue weighted by Gasteiger charge is 2.62. The molecule has 2 aromatic rings. The van der Waals surface area contributed by atoms with Crippen molar-refractivity contribution in [3.63, 3.8) is 0 Å². The Hall–Kier alpha value is -2.92. The third-order valence-corrected chi connectivity index (χ3v) is 21.2. The van der Waals surface area contributed by atoms with E-state index in [1.807, 2.05) is 0 Å². The number of amides is 1. The summed E-state index contributed by atoms with van der Waals surface area (Å²) >= 11 is 0. The highest BCUT2D eigenvalue weighted by Crippen LogP contribution is 2.51. The number of carbonyl (C=O) groups is 1. The lowest BCUT2D eigenvalue weighted by Crippen LogP contribution is -2.65. The van der Waals surface area contributed by atoms with Crippen molar-refractivity contribution in [3.05, 3.63) is 62.7 Å². The van der Waals surface area contributed by atoms with Gasteiger partial charge >= 0.3 is 11.8 Å². The van der Waals surface area contributed by atoms with Crippen LogP contribution in [0.2, 0.25) is 36.3 Å². The maximum atomic E-state index is 13.7. The van der Waals surface area contributed by atoms with Gasteiger partial charge < -0.3 is 19.0 Å². The molecule has 0 bridgehead atoms. The van der Waals surface area contributed by atoms with Crippen LogP contribution in [0, 0.1) is 10.1 Å². The van der Waals surface area contributed by atoms with Crippen molar-refractivity contribution in [2.24, 2.45) is 0 Å². The summed E-state index contributed by atoms with van der Waals surface area (Å²) in [4.78, 5) is 43.6. The number of benzene rings is 1. The summed E-state index contributed by atoms with van der Waals surface area (Å²) in [6, 6.07) is 7.54. The first kappa shape index (κ1) is 38.5. The van der Waals surface area contributed by atoms with E-state index in [1.165, 1.54) is 35.0 Å². The van der Waals surface area contributed by atoms with Crippen molar-refractivity contribution in [1.29, 1.82) is 0 Å². The fourth-order valence-corrected chi connectivity index (χ4v) is 9.16. The molecule has 262 valence electrons. The largest absolute Gasteiger partial charge is 0.443 e. The Balaban J connectivity index is 2.04. The van der Waals surface area contributed by atoms with Gasteiger partial charge in [0.1, 0.15) is 23.8 Å². The van der Waals surface area contributed by atoms with Crippen LogP contribution >= 0.6 is 0 Å². The lowest BCUT2D eigenvalue weighted by atomic mass is 10.1. The first-order valence-electron chi connectivity index (χ1n) is 16.1. The smallest absolute Gasteiger partial charge is 0.416 e. The van der Waals surface area contributed by atoms with E-state index in [-0.39, 0.29) is 46.7 Å². The van der Waals surface area contributed by atoms with E-state index >= 15 is 0 Å². The molecule has 0 spiro atoms. The number of aromatic nitrogens is 2. The third-order valence-electron chi connectivity index (χ3n) is 10.2. The monoisotopic (exact) mass is 690 g/mol. The Bertz CT molecular complexity index is 1520. The van der Waals surface area contributed by atoms with Gasteiger partial charge in [-0.25, -0.2) is 9.59 Å². The number of anilines is 1. The van der Waals surface area contributed by atoms with Gasteiger partial charge in [0.15, 0.2) is 8.32 Å². The van der Waals surface area contributed by atoms with Crippen molar-refractivity contribution in [2.45, 2.75) is 135 Å². The molecule has 1 fully saturated rings. The molecule has 47 heavy (non-hydrogen) atoms. The number of nitro groups is 1. The minimum absolute atomic E-state index is 0.0332. The summed E-state index contributed by atoms with van der Waals surface area (Å²) in [5, 5.41) is 22.7.